The van der Waals surface area contributed by atoms with Crippen molar-refractivity contribution in [2.24, 2.45) is 0 Å². The molecule has 2 aromatic carbocycles. The summed E-state index contributed by atoms with van der Waals surface area (Å²) in [5.74, 6) is 2.30. The fourth-order valence-corrected chi connectivity index (χ4v) is 2.07. The second-order valence-electron chi connectivity index (χ2n) is 4.66. The van der Waals surface area contributed by atoms with Gasteiger partial charge in [-0.1, -0.05) is 18.2 Å². The molecule has 0 aliphatic heterocycles. The van der Waals surface area contributed by atoms with Crippen molar-refractivity contribution in [3.8, 4) is 17.2 Å². The van der Waals surface area contributed by atoms with E-state index in [-0.39, 0.29) is 0 Å². The van der Waals surface area contributed by atoms with Crippen molar-refractivity contribution >= 4 is 0 Å². The minimum atomic E-state index is 0.469. The standard InChI is InChI=1S/C17H21NO3/c1-18-11-13-7-8-16(20-3)17(10-13)21-12-14-5-4-6-15(9-14)19-2/h4-10,18H,11-12H2,1-3H3. The number of methoxy groups -OCH3 is 2. The third-order valence-electron chi connectivity index (χ3n) is 3.14. The van der Waals surface area contributed by atoms with Crippen LogP contribution in [0.25, 0.3) is 0 Å². The van der Waals surface area contributed by atoms with Crippen LogP contribution in [0.4, 0.5) is 0 Å². The van der Waals surface area contributed by atoms with Crippen molar-refractivity contribution in [3.05, 3.63) is 53.6 Å². The molecule has 0 spiro atoms. The minimum Gasteiger partial charge on any atom is -0.497 e. The fraction of sp³-hybridized carbons (Fsp3) is 0.294. The molecule has 2 rings (SSSR count). The second kappa shape index (κ2) is 7.55. The first-order valence-electron chi connectivity index (χ1n) is 6.84. The SMILES string of the molecule is CNCc1ccc(OC)c(OCc2cccc(OC)c2)c1. The summed E-state index contributed by atoms with van der Waals surface area (Å²) in [5, 5.41) is 3.12. The Bertz CT molecular complexity index is 584. The lowest BCUT2D eigenvalue weighted by atomic mass is 10.2. The van der Waals surface area contributed by atoms with Crippen LogP contribution in [-0.2, 0) is 13.2 Å². The minimum absolute atomic E-state index is 0.469. The first-order valence-corrected chi connectivity index (χ1v) is 6.84. The molecular formula is C17H21NO3. The quantitative estimate of drug-likeness (QED) is 0.850. The average Bonchev–Trinajstić information content (AvgIpc) is 2.53. The Morgan fingerprint density at radius 1 is 0.905 bits per heavy atom. The molecule has 0 saturated carbocycles. The Labute approximate surface area is 125 Å². The lowest BCUT2D eigenvalue weighted by molar-refractivity contribution is 0.283. The van der Waals surface area contributed by atoms with E-state index in [9.17, 15) is 0 Å². The lowest BCUT2D eigenvalue weighted by Gasteiger charge is -2.13. The molecule has 4 nitrogen and oxygen atoms in total. The number of nitrogens with one attached hydrogen (secondary N) is 1. The molecule has 2 aromatic rings. The molecule has 0 aromatic heterocycles. The van der Waals surface area contributed by atoms with Crippen LogP contribution in [0.1, 0.15) is 11.1 Å². The molecule has 0 fully saturated rings. The van der Waals surface area contributed by atoms with E-state index in [4.69, 9.17) is 14.2 Å². The maximum atomic E-state index is 5.89. The molecule has 0 radical (unpaired) electrons. The normalized spacial score (nSPS) is 10.2. The van der Waals surface area contributed by atoms with Crippen molar-refractivity contribution in [3.63, 3.8) is 0 Å². The average molecular weight is 287 g/mol. The van der Waals surface area contributed by atoms with Crippen LogP contribution in [0.2, 0.25) is 0 Å². The molecule has 4 heteroatoms. The van der Waals surface area contributed by atoms with Crippen LogP contribution in [0.5, 0.6) is 17.2 Å². The van der Waals surface area contributed by atoms with Gasteiger partial charge in [0.05, 0.1) is 14.2 Å². The molecule has 21 heavy (non-hydrogen) atoms. The van der Waals surface area contributed by atoms with Gasteiger partial charge in [0, 0.05) is 6.54 Å². The van der Waals surface area contributed by atoms with Gasteiger partial charge in [-0.25, -0.2) is 0 Å². The third kappa shape index (κ3) is 4.13. The molecule has 0 saturated heterocycles. The molecule has 0 atom stereocenters. The van der Waals surface area contributed by atoms with Crippen LogP contribution in [0, 0.1) is 0 Å². The predicted molar refractivity (Wildman–Crippen MR) is 83.1 cm³/mol. The Morgan fingerprint density at radius 3 is 2.48 bits per heavy atom. The highest BCUT2D eigenvalue weighted by atomic mass is 16.5. The maximum absolute atomic E-state index is 5.89. The summed E-state index contributed by atoms with van der Waals surface area (Å²) in [7, 11) is 5.22. The van der Waals surface area contributed by atoms with E-state index in [0.717, 1.165) is 34.9 Å². The van der Waals surface area contributed by atoms with Crippen LogP contribution in [0.3, 0.4) is 0 Å². The molecule has 1 N–H and O–H groups in total. The van der Waals surface area contributed by atoms with Gasteiger partial charge in [-0.3, -0.25) is 0 Å². The van der Waals surface area contributed by atoms with E-state index in [1.54, 1.807) is 14.2 Å². The van der Waals surface area contributed by atoms with Crippen molar-refractivity contribution in [1.82, 2.24) is 5.32 Å². The molecule has 0 bridgehead atoms. The van der Waals surface area contributed by atoms with Gasteiger partial charge in [-0.15, -0.1) is 0 Å². The Morgan fingerprint density at radius 2 is 1.76 bits per heavy atom. The van der Waals surface area contributed by atoms with Crippen molar-refractivity contribution in [2.75, 3.05) is 21.3 Å². The van der Waals surface area contributed by atoms with Gasteiger partial charge in [-0.2, -0.15) is 0 Å². The smallest absolute Gasteiger partial charge is 0.161 e. The molecule has 0 heterocycles. The molecular weight excluding hydrogens is 266 g/mol. The van der Waals surface area contributed by atoms with E-state index in [2.05, 4.69) is 5.32 Å². The highest BCUT2D eigenvalue weighted by Gasteiger charge is 2.06. The number of hydrogen-bond donors (Lipinski definition) is 1. The number of benzene rings is 2. The molecule has 0 aliphatic rings. The first kappa shape index (κ1) is 15.2. The molecule has 0 unspecified atom stereocenters. The number of ether oxygens (including phenoxy) is 3. The van der Waals surface area contributed by atoms with Gasteiger partial charge in [-0.05, 0) is 42.4 Å². The van der Waals surface area contributed by atoms with Crippen LogP contribution in [0.15, 0.2) is 42.5 Å². The summed E-state index contributed by atoms with van der Waals surface area (Å²) in [5.41, 5.74) is 2.20. The van der Waals surface area contributed by atoms with Crippen molar-refractivity contribution in [1.29, 1.82) is 0 Å². The lowest BCUT2D eigenvalue weighted by Crippen LogP contribution is -2.06. The van der Waals surface area contributed by atoms with Gasteiger partial charge >= 0.3 is 0 Å². The summed E-state index contributed by atoms with van der Waals surface area (Å²) < 4.78 is 16.4. The zero-order valence-corrected chi connectivity index (χ0v) is 12.7. The summed E-state index contributed by atoms with van der Waals surface area (Å²) in [6.45, 7) is 1.26. The third-order valence-corrected chi connectivity index (χ3v) is 3.14. The highest BCUT2D eigenvalue weighted by Crippen LogP contribution is 2.29. The van der Waals surface area contributed by atoms with Gasteiger partial charge in [0.2, 0.25) is 0 Å². The first-order chi connectivity index (χ1) is 10.3. The zero-order chi connectivity index (χ0) is 15.1. The van der Waals surface area contributed by atoms with Crippen LogP contribution >= 0.6 is 0 Å². The van der Waals surface area contributed by atoms with Crippen molar-refractivity contribution in [2.45, 2.75) is 13.2 Å². The Balaban J connectivity index is 2.12. The van der Waals surface area contributed by atoms with Crippen LogP contribution in [-0.4, -0.2) is 21.3 Å². The fourth-order valence-electron chi connectivity index (χ4n) is 2.07. The van der Waals surface area contributed by atoms with E-state index in [1.165, 1.54) is 0 Å². The second-order valence-corrected chi connectivity index (χ2v) is 4.66. The predicted octanol–water partition coefficient (Wildman–Crippen LogP) is 3.00. The topological polar surface area (TPSA) is 39.7 Å². The summed E-state index contributed by atoms with van der Waals surface area (Å²) in [6.07, 6.45) is 0. The summed E-state index contributed by atoms with van der Waals surface area (Å²) in [6, 6.07) is 13.8. The van der Waals surface area contributed by atoms with E-state index in [1.807, 2.05) is 49.5 Å². The molecule has 0 amide bonds. The molecule has 112 valence electrons. The maximum Gasteiger partial charge on any atom is 0.161 e. The number of hydrogen-bond acceptors (Lipinski definition) is 4. The number of rotatable bonds is 7. The molecule has 0 aliphatic carbocycles. The van der Waals surface area contributed by atoms with E-state index >= 15 is 0 Å². The van der Waals surface area contributed by atoms with Crippen molar-refractivity contribution < 1.29 is 14.2 Å². The highest BCUT2D eigenvalue weighted by molar-refractivity contribution is 5.43. The Kier molecular flexibility index (Phi) is 5.46. The summed E-state index contributed by atoms with van der Waals surface area (Å²) >= 11 is 0. The largest absolute Gasteiger partial charge is 0.497 e. The van der Waals surface area contributed by atoms with Gasteiger partial charge in [0.1, 0.15) is 12.4 Å². The van der Waals surface area contributed by atoms with E-state index in [0.29, 0.717) is 6.61 Å². The summed E-state index contributed by atoms with van der Waals surface area (Å²) in [4.78, 5) is 0. The monoisotopic (exact) mass is 287 g/mol. The van der Waals surface area contributed by atoms with Gasteiger partial charge in [0.25, 0.3) is 0 Å². The van der Waals surface area contributed by atoms with Gasteiger partial charge < -0.3 is 19.5 Å². The Hall–Kier alpha value is -2.20. The zero-order valence-electron chi connectivity index (χ0n) is 12.7. The van der Waals surface area contributed by atoms with E-state index < -0.39 is 0 Å². The van der Waals surface area contributed by atoms with Gasteiger partial charge in [0.15, 0.2) is 11.5 Å². The van der Waals surface area contributed by atoms with Crippen LogP contribution < -0.4 is 19.5 Å².